The number of benzene rings is 1. The lowest BCUT2D eigenvalue weighted by Crippen LogP contribution is -2.51. The molecule has 0 atom stereocenters. The number of carbonyl (C=O) groups excluding carboxylic acids is 2. The first-order valence-electron chi connectivity index (χ1n) is 16.3. The molecule has 0 unspecified atom stereocenters. The molecule has 1 saturated heterocycles. The van der Waals surface area contributed by atoms with E-state index in [-0.39, 0.29) is 5.97 Å². The lowest BCUT2D eigenvalue weighted by atomic mass is 10.0. The van der Waals surface area contributed by atoms with Crippen molar-refractivity contribution >= 4 is 40.6 Å². The zero-order valence-electron chi connectivity index (χ0n) is 26.4. The Morgan fingerprint density at radius 3 is 2.16 bits per heavy atom. The monoisotopic (exact) mass is 610 g/mol. The number of aryl methyl sites for hydroxylation is 1. The predicted molar refractivity (Wildman–Crippen MR) is 174 cm³/mol. The molecule has 0 radical (unpaired) electrons. The van der Waals surface area contributed by atoms with Crippen LogP contribution >= 0.6 is 11.3 Å². The molecule has 0 aliphatic carbocycles. The molecular formula is C34H50N4O4S. The van der Waals surface area contributed by atoms with Gasteiger partial charge in [0.25, 0.3) is 0 Å². The minimum absolute atomic E-state index is 0.329. The maximum absolute atomic E-state index is 13.7. The van der Waals surface area contributed by atoms with Crippen LogP contribution < -0.4 is 14.8 Å². The van der Waals surface area contributed by atoms with Gasteiger partial charge in [-0.15, -0.1) is 11.3 Å². The van der Waals surface area contributed by atoms with E-state index in [0.717, 1.165) is 66.0 Å². The van der Waals surface area contributed by atoms with Gasteiger partial charge in [0.1, 0.15) is 10.5 Å². The number of amides is 1. The van der Waals surface area contributed by atoms with E-state index in [1.165, 1.54) is 57.8 Å². The molecule has 4 rings (SSSR count). The fourth-order valence-electron chi connectivity index (χ4n) is 5.74. The Morgan fingerprint density at radius 1 is 0.860 bits per heavy atom. The average Bonchev–Trinajstić information content (AvgIpc) is 3.30. The maximum Gasteiger partial charge on any atom is 0.423 e. The Morgan fingerprint density at radius 2 is 1.49 bits per heavy atom. The third-order valence-corrected chi connectivity index (χ3v) is 9.20. The summed E-state index contributed by atoms with van der Waals surface area (Å²) in [5.41, 5.74) is 1.36. The molecule has 0 bridgehead atoms. The first kappa shape index (κ1) is 33.0. The highest BCUT2D eigenvalue weighted by atomic mass is 32.1. The van der Waals surface area contributed by atoms with Crippen LogP contribution in [0.5, 0.6) is 0 Å². The number of piperazine rings is 1. The molecule has 1 fully saturated rings. The van der Waals surface area contributed by atoms with Gasteiger partial charge < -0.3 is 19.3 Å². The molecule has 0 spiro atoms. The topological polar surface area (TPSA) is 74.7 Å². The summed E-state index contributed by atoms with van der Waals surface area (Å²) >= 11 is 1.62. The second-order valence-corrected chi connectivity index (χ2v) is 13.0. The molecule has 3 heterocycles. The van der Waals surface area contributed by atoms with Crippen LogP contribution in [0.1, 0.15) is 95.3 Å². The van der Waals surface area contributed by atoms with Crippen LogP contribution in [0.2, 0.25) is 0 Å². The van der Waals surface area contributed by atoms with Crippen molar-refractivity contribution in [2.75, 3.05) is 44.9 Å². The number of hydrogen-bond acceptors (Lipinski definition) is 8. The largest absolute Gasteiger partial charge is 0.428 e. The number of likely N-dealkylation sites (N-methyl/N-ethyl adjacent to an activating group) is 1. The third-order valence-electron chi connectivity index (χ3n) is 8.26. The quantitative estimate of drug-likeness (QED) is 0.117. The van der Waals surface area contributed by atoms with Crippen molar-refractivity contribution in [3.63, 3.8) is 0 Å². The van der Waals surface area contributed by atoms with E-state index in [0.29, 0.717) is 17.8 Å². The zero-order chi connectivity index (χ0) is 30.4. The van der Waals surface area contributed by atoms with Gasteiger partial charge in [0.05, 0.1) is 16.6 Å². The second-order valence-electron chi connectivity index (χ2n) is 11.8. The first-order valence-corrected chi connectivity index (χ1v) is 17.1. The number of fused-ring (bicyclic) bond motifs is 2. The van der Waals surface area contributed by atoms with E-state index in [1.54, 1.807) is 16.2 Å². The molecule has 1 aromatic carbocycles. The molecule has 8 nitrogen and oxygen atoms in total. The van der Waals surface area contributed by atoms with Crippen LogP contribution in [-0.2, 0) is 14.3 Å². The molecule has 1 aromatic heterocycles. The molecule has 43 heavy (non-hydrogen) atoms. The van der Waals surface area contributed by atoms with Crippen molar-refractivity contribution in [3.05, 3.63) is 45.1 Å². The summed E-state index contributed by atoms with van der Waals surface area (Å²) in [5, 5.41) is 0.921. The fourth-order valence-corrected chi connectivity index (χ4v) is 6.63. The number of para-hydroxylation sites is 2. The van der Waals surface area contributed by atoms with Gasteiger partial charge in [-0.3, -0.25) is 4.79 Å². The summed E-state index contributed by atoms with van der Waals surface area (Å²) in [5.74, 6) is 0.444. The van der Waals surface area contributed by atoms with Crippen LogP contribution in [0.15, 0.2) is 35.3 Å². The van der Waals surface area contributed by atoms with Crippen molar-refractivity contribution in [2.24, 2.45) is 4.99 Å². The second kappa shape index (κ2) is 17.4. The summed E-state index contributed by atoms with van der Waals surface area (Å²) < 4.78 is 11.8. The van der Waals surface area contributed by atoms with Crippen molar-refractivity contribution in [1.29, 1.82) is 0 Å². The van der Waals surface area contributed by atoms with E-state index in [9.17, 15) is 9.59 Å². The van der Waals surface area contributed by atoms with Gasteiger partial charge in [-0.25, -0.2) is 14.7 Å². The highest BCUT2D eigenvalue weighted by Gasteiger charge is 2.32. The Labute approximate surface area is 261 Å². The zero-order valence-corrected chi connectivity index (χ0v) is 27.3. The van der Waals surface area contributed by atoms with E-state index >= 15 is 0 Å². The molecule has 1 amide bonds. The van der Waals surface area contributed by atoms with Crippen LogP contribution in [-0.4, -0.2) is 61.9 Å². The van der Waals surface area contributed by atoms with Crippen LogP contribution in [0.4, 0.5) is 16.2 Å². The molecule has 0 N–H and O–H groups in total. The van der Waals surface area contributed by atoms with E-state index in [1.807, 2.05) is 24.3 Å². The summed E-state index contributed by atoms with van der Waals surface area (Å²) in [6.07, 6.45) is 14.7. The van der Waals surface area contributed by atoms with E-state index in [4.69, 9.17) is 14.5 Å². The SMILES string of the molecule is CCCCCCCCCCCCCCC(=O)OCOC(=O)N1C(N2CCN(C)CC2)=c2cc(C)sc2=Nc2ccccc21. The Bertz CT molecular complexity index is 1300. The van der Waals surface area contributed by atoms with Crippen molar-refractivity contribution in [1.82, 2.24) is 9.80 Å². The molecule has 2 aliphatic heterocycles. The summed E-state index contributed by atoms with van der Waals surface area (Å²) in [4.78, 5) is 38.3. The summed E-state index contributed by atoms with van der Waals surface area (Å²) in [7, 11) is 2.11. The highest BCUT2D eigenvalue weighted by molar-refractivity contribution is 7.09. The number of thiophene rings is 1. The standard InChI is InChI=1S/C34H50N4O4S/c1-4-5-6-7-8-9-10-11-12-13-14-15-20-31(39)41-26-42-34(40)38-30-19-17-16-18-29(30)35-32-28(25-27(2)43-32)33(38)37-23-21-36(3)22-24-37/h16-19,25H,4-15,20-24,26H2,1-3H3. The van der Waals surface area contributed by atoms with Crippen molar-refractivity contribution < 1.29 is 19.1 Å². The lowest BCUT2D eigenvalue weighted by Gasteiger charge is -2.38. The smallest absolute Gasteiger partial charge is 0.423 e. The number of ether oxygens (including phenoxy) is 2. The highest BCUT2D eigenvalue weighted by Crippen LogP contribution is 2.34. The molecule has 236 valence electrons. The van der Waals surface area contributed by atoms with Gasteiger partial charge >= 0.3 is 12.1 Å². The number of unbranched alkanes of at least 4 members (excludes halogenated alkanes) is 11. The van der Waals surface area contributed by atoms with E-state index in [2.05, 4.69) is 36.8 Å². The Kier molecular flexibility index (Phi) is 13.4. The summed E-state index contributed by atoms with van der Waals surface area (Å²) in [6.45, 7) is 7.24. The van der Waals surface area contributed by atoms with Gasteiger partial charge in [0, 0.05) is 37.5 Å². The van der Waals surface area contributed by atoms with Crippen LogP contribution in [0.3, 0.4) is 0 Å². The Balaban J connectivity index is 1.27. The van der Waals surface area contributed by atoms with Crippen molar-refractivity contribution in [3.8, 4) is 0 Å². The molecular weight excluding hydrogens is 560 g/mol. The predicted octanol–water partition coefficient (Wildman–Crippen LogP) is 6.87. The lowest BCUT2D eigenvalue weighted by molar-refractivity contribution is -0.151. The maximum atomic E-state index is 13.7. The fraction of sp³-hybridized carbons (Fsp3) is 0.618. The van der Waals surface area contributed by atoms with E-state index < -0.39 is 12.9 Å². The minimum Gasteiger partial charge on any atom is -0.428 e. The van der Waals surface area contributed by atoms with Gasteiger partial charge in [-0.2, -0.15) is 0 Å². The van der Waals surface area contributed by atoms with Gasteiger partial charge in [-0.1, -0.05) is 89.7 Å². The first-order chi connectivity index (χ1) is 21.0. The summed E-state index contributed by atoms with van der Waals surface area (Å²) in [6, 6.07) is 9.72. The number of anilines is 1. The number of carbonyl (C=O) groups is 2. The third kappa shape index (κ3) is 9.80. The molecule has 2 aliphatic rings. The normalized spacial score (nSPS) is 15.0. The average molecular weight is 611 g/mol. The number of nitrogens with zero attached hydrogens (tertiary/aromatic N) is 4. The number of rotatable bonds is 16. The van der Waals surface area contributed by atoms with Gasteiger partial charge in [-0.05, 0) is 38.6 Å². The van der Waals surface area contributed by atoms with Crippen LogP contribution in [0, 0.1) is 6.92 Å². The number of esters is 1. The Hall–Kier alpha value is -2.91. The number of hydrogen-bond donors (Lipinski definition) is 0. The molecule has 0 saturated carbocycles. The molecule has 9 heteroatoms. The van der Waals surface area contributed by atoms with Crippen molar-refractivity contribution in [2.45, 2.75) is 97.3 Å². The van der Waals surface area contributed by atoms with Crippen LogP contribution in [0.25, 0.3) is 5.82 Å². The van der Waals surface area contributed by atoms with Gasteiger partial charge in [0.2, 0.25) is 6.79 Å². The minimum atomic E-state index is -0.577. The molecule has 2 aromatic rings. The van der Waals surface area contributed by atoms with Gasteiger partial charge in [0.15, 0.2) is 0 Å².